The monoisotopic (exact) mass is 757 g/mol. The van der Waals surface area contributed by atoms with Crippen LogP contribution in [0, 0.1) is 0 Å². The quantitative estimate of drug-likeness (QED) is 0.119. The van der Waals surface area contributed by atoms with Crippen LogP contribution in [0.1, 0.15) is 80.1 Å². The molecule has 0 aliphatic carbocycles. The van der Waals surface area contributed by atoms with Crippen molar-refractivity contribution >= 4 is 84.0 Å². The van der Waals surface area contributed by atoms with Crippen molar-refractivity contribution in [1.82, 2.24) is 25.4 Å². The molecule has 4 heterocycles. The average molecular weight is 758 g/mol. The van der Waals surface area contributed by atoms with Gasteiger partial charge in [0.2, 0.25) is 0 Å². The van der Waals surface area contributed by atoms with Crippen LogP contribution >= 0.6 is 43.2 Å². The molecule has 0 atom stereocenters. The van der Waals surface area contributed by atoms with Crippen LogP contribution in [0.2, 0.25) is 0 Å². The summed E-state index contributed by atoms with van der Waals surface area (Å²) < 4.78 is 0. The molecule has 14 nitrogen and oxygen atoms in total. The standard InChI is InChI=1S/C16H19N3O5S2.C12H12N2O4S2.3CH4/c20-13-8-9-14(21)19(13)24-15(22)7-2-1-4-11-18-16(23)26-25-12-6-3-5-10-17-12;15-10-4-5-11(16)14(10)18-12(17)6-8-19-20-9-3-1-2-7-13-9;;;/h3,5-6,10H,1-2,4,7-9,11H2,(H,18,23);1-3,7H,4-6,8H2;3*1H4. The summed E-state index contributed by atoms with van der Waals surface area (Å²) in [5.74, 6) is -2.55. The lowest BCUT2D eigenvalue weighted by molar-refractivity contribution is -0.197. The number of aromatic nitrogens is 2. The van der Waals surface area contributed by atoms with E-state index in [1.54, 1.807) is 12.4 Å². The first-order valence-electron chi connectivity index (χ1n) is 14.1. The largest absolute Gasteiger partial charge is 0.346 e. The van der Waals surface area contributed by atoms with Crippen molar-refractivity contribution in [2.45, 2.75) is 90.1 Å². The van der Waals surface area contributed by atoms with Gasteiger partial charge in [-0.1, -0.05) is 51.6 Å². The Balaban J connectivity index is 0.000000911. The zero-order valence-electron chi connectivity index (χ0n) is 24.5. The second-order valence-electron chi connectivity index (χ2n) is 9.27. The minimum Gasteiger partial charge on any atom is -0.346 e. The third-order valence-electron chi connectivity index (χ3n) is 5.74. The maximum Gasteiger partial charge on any atom is 0.334 e. The van der Waals surface area contributed by atoms with Gasteiger partial charge in [-0.05, 0) is 58.7 Å². The second kappa shape index (κ2) is 25.4. The smallest absolute Gasteiger partial charge is 0.334 e. The average Bonchev–Trinajstić information content (AvgIpc) is 3.55. The molecule has 0 unspecified atom stereocenters. The summed E-state index contributed by atoms with van der Waals surface area (Å²) in [4.78, 5) is 97.7. The number of hydroxylamine groups is 4. The van der Waals surface area contributed by atoms with E-state index >= 15 is 0 Å². The van der Waals surface area contributed by atoms with E-state index in [4.69, 9.17) is 9.68 Å². The Kier molecular flexibility index (Phi) is 23.5. The molecule has 49 heavy (non-hydrogen) atoms. The molecular weight excluding hydrogens is 715 g/mol. The summed E-state index contributed by atoms with van der Waals surface area (Å²) in [6.07, 6.45) is 5.99. The molecule has 2 aromatic heterocycles. The molecule has 0 spiro atoms. The van der Waals surface area contributed by atoms with E-state index in [0.29, 0.717) is 28.8 Å². The lowest BCUT2D eigenvalue weighted by atomic mass is 10.2. The molecule has 2 fully saturated rings. The Morgan fingerprint density at radius 3 is 1.65 bits per heavy atom. The van der Waals surface area contributed by atoms with E-state index in [2.05, 4.69) is 15.3 Å². The first-order valence-corrected chi connectivity index (χ1v) is 18.6. The van der Waals surface area contributed by atoms with Crippen LogP contribution in [0.15, 0.2) is 58.8 Å². The number of unbranched alkanes of at least 4 members (excludes halogenated alkanes) is 2. The van der Waals surface area contributed by atoms with Gasteiger partial charge in [-0.2, -0.15) is 0 Å². The number of carbonyl (C=O) groups is 7. The minimum absolute atomic E-state index is 0. The van der Waals surface area contributed by atoms with Gasteiger partial charge in [0.05, 0.1) is 6.42 Å². The zero-order valence-corrected chi connectivity index (χ0v) is 27.8. The zero-order chi connectivity index (χ0) is 33.1. The molecule has 0 bridgehead atoms. The summed E-state index contributed by atoms with van der Waals surface area (Å²) in [6.45, 7) is 0.507. The van der Waals surface area contributed by atoms with Crippen molar-refractivity contribution in [1.29, 1.82) is 0 Å². The molecule has 2 aliphatic heterocycles. The van der Waals surface area contributed by atoms with Crippen molar-refractivity contribution in [3.05, 3.63) is 48.8 Å². The summed E-state index contributed by atoms with van der Waals surface area (Å²) in [5, 5.41) is 5.37. The molecule has 1 N–H and O–H groups in total. The normalized spacial score (nSPS) is 13.3. The van der Waals surface area contributed by atoms with Gasteiger partial charge in [0.1, 0.15) is 10.1 Å². The number of hydrogen-bond donors (Lipinski definition) is 1. The molecule has 0 radical (unpaired) electrons. The van der Waals surface area contributed by atoms with Gasteiger partial charge in [-0.3, -0.25) is 24.0 Å². The molecule has 18 heteroatoms. The minimum atomic E-state index is -0.597. The fourth-order valence-electron chi connectivity index (χ4n) is 3.50. The van der Waals surface area contributed by atoms with Crippen LogP contribution in [-0.4, -0.2) is 73.2 Å². The lowest BCUT2D eigenvalue weighted by Gasteiger charge is -2.12. The summed E-state index contributed by atoms with van der Waals surface area (Å²) in [7, 11) is 5.28. The highest BCUT2D eigenvalue weighted by Gasteiger charge is 2.33. The van der Waals surface area contributed by atoms with Crippen molar-refractivity contribution in [3.63, 3.8) is 0 Å². The Morgan fingerprint density at radius 1 is 0.673 bits per heavy atom. The fourth-order valence-corrected chi connectivity index (χ4v) is 6.87. The molecule has 270 valence electrons. The van der Waals surface area contributed by atoms with Crippen LogP contribution < -0.4 is 5.32 Å². The molecular formula is C31H43N5O9S4. The maximum atomic E-state index is 11.7. The number of nitrogens with zero attached hydrogens (tertiary/aromatic N) is 4. The van der Waals surface area contributed by atoms with Crippen LogP contribution in [0.4, 0.5) is 4.79 Å². The number of amides is 5. The molecule has 0 aromatic carbocycles. The van der Waals surface area contributed by atoms with Crippen molar-refractivity contribution in [2.75, 3.05) is 12.3 Å². The van der Waals surface area contributed by atoms with Gasteiger partial charge >= 0.3 is 11.9 Å². The van der Waals surface area contributed by atoms with E-state index in [1.165, 1.54) is 32.4 Å². The summed E-state index contributed by atoms with van der Waals surface area (Å²) in [5.41, 5.74) is 0. The van der Waals surface area contributed by atoms with E-state index < -0.39 is 35.6 Å². The number of imide groups is 2. The Bertz CT molecular complexity index is 1340. The van der Waals surface area contributed by atoms with E-state index in [1.807, 2.05) is 36.4 Å². The van der Waals surface area contributed by atoms with Crippen LogP contribution in [0.3, 0.4) is 0 Å². The second-order valence-corrected chi connectivity index (χ2v) is 13.8. The van der Waals surface area contributed by atoms with Gasteiger partial charge in [-0.25, -0.2) is 19.6 Å². The first-order chi connectivity index (χ1) is 22.2. The third-order valence-corrected chi connectivity index (χ3v) is 10.0. The molecule has 2 aliphatic rings. The van der Waals surface area contributed by atoms with E-state index in [-0.39, 0.29) is 66.0 Å². The SMILES string of the molecule is C.C.C.O=C(CCCCCNC(=O)SSc1ccccn1)ON1C(=O)CCC1=O.O=C(CCSSc1ccccn1)ON1C(=O)CCC1=O. The Labute approximate surface area is 302 Å². The summed E-state index contributed by atoms with van der Waals surface area (Å²) >= 11 is 0. The summed E-state index contributed by atoms with van der Waals surface area (Å²) in [6, 6.07) is 11.1. The lowest BCUT2D eigenvalue weighted by Crippen LogP contribution is -2.32. The highest BCUT2D eigenvalue weighted by atomic mass is 33.1. The molecule has 2 aromatic rings. The van der Waals surface area contributed by atoms with Crippen molar-refractivity contribution in [3.8, 4) is 0 Å². The van der Waals surface area contributed by atoms with Crippen molar-refractivity contribution < 1.29 is 43.2 Å². The predicted octanol–water partition coefficient (Wildman–Crippen LogP) is 6.43. The molecule has 2 saturated heterocycles. The number of pyridine rings is 2. The van der Waals surface area contributed by atoms with Crippen LogP contribution in [0.25, 0.3) is 0 Å². The van der Waals surface area contributed by atoms with E-state index in [0.717, 1.165) is 33.7 Å². The number of nitrogens with one attached hydrogen (secondary N) is 1. The Hall–Kier alpha value is -3.61. The van der Waals surface area contributed by atoms with E-state index in [9.17, 15) is 33.6 Å². The van der Waals surface area contributed by atoms with Crippen LogP contribution in [0.5, 0.6) is 0 Å². The highest BCUT2D eigenvalue weighted by Crippen LogP contribution is 2.30. The van der Waals surface area contributed by atoms with Crippen LogP contribution in [-0.2, 0) is 38.4 Å². The van der Waals surface area contributed by atoms with Crippen molar-refractivity contribution in [2.24, 2.45) is 0 Å². The predicted molar refractivity (Wildman–Crippen MR) is 191 cm³/mol. The number of rotatable bonds is 15. The van der Waals surface area contributed by atoms with Gasteiger partial charge < -0.3 is 15.0 Å². The molecule has 0 saturated carbocycles. The molecule has 5 amide bonds. The Morgan fingerprint density at radius 2 is 1.16 bits per heavy atom. The molecule has 4 rings (SSSR count). The third kappa shape index (κ3) is 17.6. The highest BCUT2D eigenvalue weighted by molar-refractivity contribution is 8.82. The fraction of sp³-hybridized carbons (Fsp3) is 0.452. The van der Waals surface area contributed by atoms with Gasteiger partial charge in [0, 0.05) is 67.6 Å². The first kappa shape index (κ1) is 45.4. The number of hydrogen-bond acceptors (Lipinski definition) is 15. The van der Waals surface area contributed by atoms with Gasteiger partial charge in [0.25, 0.3) is 28.9 Å². The van der Waals surface area contributed by atoms with Gasteiger partial charge in [-0.15, -0.1) is 10.1 Å². The number of carbonyl (C=O) groups excluding carboxylic acids is 7. The topological polar surface area (TPSA) is 182 Å². The maximum absolute atomic E-state index is 11.7. The van der Waals surface area contributed by atoms with Gasteiger partial charge in [0.15, 0.2) is 0 Å².